The number of hydrogen-bond acceptors (Lipinski definition) is 3. The summed E-state index contributed by atoms with van der Waals surface area (Å²) >= 11 is 3.13. The molecule has 0 saturated heterocycles. The van der Waals surface area contributed by atoms with Crippen LogP contribution in [0.3, 0.4) is 0 Å². The quantitative estimate of drug-likeness (QED) is 0.752. The average Bonchev–Trinajstić information content (AvgIpc) is 2.32. The maximum absolute atomic E-state index is 13.1. The Balaban J connectivity index is 2.32. The molecule has 0 aliphatic rings. The van der Waals surface area contributed by atoms with E-state index in [0.717, 1.165) is 0 Å². The van der Waals surface area contributed by atoms with Crippen molar-refractivity contribution >= 4 is 21.8 Å². The summed E-state index contributed by atoms with van der Waals surface area (Å²) < 4.78 is 18.6. The van der Waals surface area contributed by atoms with Crippen LogP contribution in [0.5, 0.6) is 0 Å². The van der Waals surface area contributed by atoms with Gasteiger partial charge in [0, 0.05) is 23.2 Å². The van der Waals surface area contributed by atoms with Crippen LogP contribution in [0.1, 0.15) is 16.8 Å². The summed E-state index contributed by atoms with van der Waals surface area (Å²) in [6.45, 7) is 1.19. The van der Waals surface area contributed by atoms with Gasteiger partial charge in [-0.05, 0) is 24.6 Å². The van der Waals surface area contributed by atoms with Crippen LogP contribution in [0.4, 0.5) is 4.39 Å². The number of carbonyl (C=O) groups excluding carboxylic acids is 1. The Morgan fingerprint density at radius 1 is 1.39 bits per heavy atom. The molecule has 0 aliphatic carbocycles. The van der Waals surface area contributed by atoms with Crippen molar-refractivity contribution in [3.8, 4) is 0 Å². The van der Waals surface area contributed by atoms with Crippen molar-refractivity contribution in [2.75, 3.05) is 26.4 Å². The Hall–Kier alpha value is -0.980. The van der Waals surface area contributed by atoms with Crippen molar-refractivity contribution in [2.24, 2.45) is 0 Å². The van der Waals surface area contributed by atoms with E-state index in [9.17, 15) is 9.18 Å². The molecule has 1 rings (SSSR count). The SMILES string of the molecule is O=C(NCCCOCCO)c1cc(F)cc(Br)c1. The third-order valence-corrected chi connectivity index (χ3v) is 2.57. The number of ether oxygens (including phenoxy) is 1. The zero-order valence-electron chi connectivity index (χ0n) is 9.79. The van der Waals surface area contributed by atoms with Crippen molar-refractivity contribution in [1.29, 1.82) is 0 Å². The van der Waals surface area contributed by atoms with Crippen LogP contribution >= 0.6 is 15.9 Å². The molecule has 1 aromatic rings. The van der Waals surface area contributed by atoms with Crippen LogP contribution in [0.25, 0.3) is 0 Å². The number of nitrogens with one attached hydrogen (secondary N) is 1. The molecular formula is C12H15BrFNO3. The molecule has 0 bridgehead atoms. The number of amides is 1. The first kappa shape index (κ1) is 15.1. The van der Waals surface area contributed by atoms with Crippen molar-refractivity contribution in [2.45, 2.75) is 6.42 Å². The van der Waals surface area contributed by atoms with E-state index in [1.54, 1.807) is 6.07 Å². The highest BCUT2D eigenvalue weighted by Crippen LogP contribution is 2.14. The minimum atomic E-state index is -0.458. The van der Waals surface area contributed by atoms with E-state index in [0.29, 0.717) is 30.7 Å². The molecule has 0 radical (unpaired) electrons. The third-order valence-electron chi connectivity index (χ3n) is 2.11. The number of benzene rings is 1. The molecule has 0 saturated carbocycles. The number of rotatable bonds is 7. The molecule has 0 fully saturated rings. The Morgan fingerprint density at radius 2 is 2.17 bits per heavy atom. The lowest BCUT2D eigenvalue weighted by Crippen LogP contribution is -2.25. The number of carbonyl (C=O) groups is 1. The smallest absolute Gasteiger partial charge is 0.251 e. The Bertz CT molecular complexity index is 381. The van der Waals surface area contributed by atoms with Gasteiger partial charge < -0.3 is 15.2 Å². The van der Waals surface area contributed by atoms with E-state index in [2.05, 4.69) is 21.2 Å². The van der Waals surface area contributed by atoms with Gasteiger partial charge in [0.2, 0.25) is 0 Å². The zero-order valence-corrected chi connectivity index (χ0v) is 11.4. The number of halogens is 2. The molecule has 6 heteroatoms. The summed E-state index contributed by atoms with van der Waals surface area (Å²) in [5, 5.41) is 11.1. The van der Waals surface area contributed by atoms with Gasteiger partial charge in [0.25, 0.3) is 5.91 Å². The maximum atomic E-state index is 13.1. The number of aliphatic hydroxyl groups excluding tert-OH is 1. The van der Waals surface area contributed by atoms with Gasteiger partial charge in [-0.2, -0.15) is 0 Å². The predicted molar refractivity (Wildman–Crippen MR) is 69.0 cm³/mol. The minimum absolute atomic E-state index is 0.0102. The highest BCUT2D eigenvalue weighted by atomic mass is 79.9. The van der Waals surface area contributed by atoms with Gasteiger partial charge in [-0.3, -0.25) is 4.79 Å². The summed E-state index contributed by atoms with van der Waals surface area (Å²) in [7, 11) is 0. The van der Waals surface area contributed by atoms with E-state index >= 15 is 0 Å². The van der Waals surface area contributed by atoms with Gasteiger partial charge in [0.15, 0.2) is 0 Å². The molecule has 1 aromatic carbocycles. The maximum Gasteiger partial charge on any atom is 0.251 e. The highest BCUT2D eigenvalue weighted by Gasteiger charge is 2.07. The van der Waals surface area contributed by atoms with E-state index in [1.165, 1.54) is 12.1 Å². The molecule has 0 heterocycles. The Labute approximate surface area is 113 Å². The van der Waals surface area contributed by atoms with Crippen LogP contribution in [0.15, 0.2) is 22.7 Å². The lowest BCUT2D eigenvalue weighted by atomic mass is 10.2. The highest BCUT2D eigenvalue weighted by molar-refractivity contribution is 9.10. The fraction of sp³-hybridized carbons (Fsp3) is 0.417. The zero-order chi connectivity index (χ0) is 13.4. The topological polar surface area (TPSA) is 58.6 Å². The standard InChI is InChI=1S/C12H15BrFNO3/c13-10-6-9(7-11(14)8-10)12(17)15-2-1-4-18-5-3-16/h6-8,16H,1-5H2,(H,15,17). The van der Waals surface area contributed by atoms with E-state index < -0.39 is 5.82 Å². The lowest BCUT2D eigenvalue weighted by Gasteiger charge is -2.06. The molecule has 0 spiro atoms. The second-order valence-corrected chi connectivity index (χ2v) is 4.52. The molecule has 18 heavy (non-hydrogen) atoms. The largest absolute Gasteiger partial charge is 0.394 e. The van der Waals surface area contributed by atoms with Crippen molar-refractivity contribution in [3.63, 3.8) is 0 Å². The molecule has 0 atom stereocenters. The average molecular weight is 320 g/mol. The fourth-order valence-corrected chi connectivity index (χ4v) is 1.80. The number of hydrogen-bond donors (Lipinski definition) is 2. The minimum Gasteiger partial charge on any atom is -0.394 e. The molecule has 2 N–H and O–H groups in total. The fourth-order valence-electron chi connectivity index (χ4n) is 1.33. The summed E-state index contributed by atoms with van der Waals surface area (Å²) in [4.78, 5) is 11.7. The number of aliphatic hydroxyl groups is 1. The monoisotopic (exact) mass is 319 g/mol. The summed E-state index contributed by atoms with van der Waals surface area (Å²) in [5.41, 5.74) is 0.276. The van der Waals surface area contributed by atoms with Crippen LogP contribution in [-0.2, 0) is 4.74 Å². The molecule has 1 amide bonds. The van der Waals surface area contributed by atoms with Gasteiger partial charge in [-0.25, -0.2) is 4.39 Å². The van der Waals surface area contributed by atoms with Crippen LogP contribution in [0, 0.1) is 5.82 Å². The Morgan fingerprint density at radius 3 is 2.83 bits per heavy atom. The Kier molecular flexibility index (Phi) is 6.85. The van der Waals surface area contributed by atoms with Crippen molar-refractivity contribution in [3.05, 3.63) is 34.1 Å². The lowest BCUT2D eigenvalue weighted by molar-refractivity contribution is 0.0867. The molecule has 0 aliphatic heterocycles. The predicted octanol–water partition coefficient (Wildman–Crippen LogP) is 1.72. The van der Waals surface area contributed by atoms with Crippen LogP contribution in [0.2, 0.25) is 0 Å². The van der Waals surface area contributed by atoms with Crippen molar-refractivity contribution < 1.29 is 19.0 Å². The van der Waals surface area contributed by atoms with Crippen LogP contribution in [-0.4, -0.2) is 37.4 Å². The van der Waals surface area contributed by atoms with Crippen molar-refractivity contribution in [1.82, 2.24) is 5.32 Å². The first-order valence-electron chi connectivity index (χ1n) is 5.56. The van der Waals surface area contributed by atoms with Crippen LogP contribution < -0.4 is 5.32 Å². The first-order chi connectivity index (χ1) is 8.63. The van der Waals surface area contributed by atoms with E-state index in [4.69, 9.17) is 9.84 Å². The summed E-state index contributed by atoms with van der Waals surface area (Å²) in [6.07, 6.45) is 0.641. The summed E-state index contributed by atoms with van der Waals surface area (Å²) in [5.74, 6) is -0.779. The van der Waals surface area contributed by atoms with Gasteiger partial charge in [-0.1, -0.05) is 15.9 Å². The van der Waals surface area contributed by atoms with Gasteiger partial charge in [0.05, 0.1) is 13.2 Å². The van der Waals surface area contributed by atoms with Gasteiger partial charge in [-0.15, -0.1) is 0 Å². The second-order valence-electron chi connectivity index (χ2n) is 3.60. The molecule has 0 unspecified atom stereocenters. The summed E-state index contributed by atoms with van der Waals surface area (Å²) in [6, 6.07) is 4.03. The van der Waals surface area contributed by atoms with Gasteiger partial charge in [0.1, 0.15) is 5.82 Å². The third kappa shape index (κ3) is 5.57. The van der Waals surface area contributed by atoms with Gasteiger partial charge >= 0.3 is 0 Å². The molecule has 4 nitrogen and oxygen atoms in total. The first-order valence-corrected chi connectivity index (χ1v) is 6.35. The molecular weight excluding hydrogens is 305 g/mol. The molecule has 0 aromatic heterocycles. The van der Waals surface area contributed by atoms with E-state index in [1.807, 2.05) is 0 Å². The van der Waals surface area contributed by atoms with E-state index in [-0.39, 0.29) is 18.1 Å². The second kappa shape index (κ2) is 8.18. The molecule has 100 valence electrons. The normalized spacial score (nSPS) is 10.4.